The fourth-order valence-electron chi connectivity index (χ4n) is 4.97. The first kappa shape index (κ1) is 25.6. The van der Waals surface area contributed by atoms with Gasteiger partial charge in [-0.15, -0.1) is 0 Å². The molecule has 0 amide bonds. The number of rotatable bonds is 7. The van der Waals surface area contributed by atoms with Crippen LogP contribution >= 0.6 is 0 Å². The topological polar surface area (TPSA) is 100 Å². The van der Waals surface area contributed by atoms with Crippen LogP contribution in [-0.4, -0.2) is 35.9 Å². The predicted molar refractivity (Wildman–Crippen MR) is 147 cm³/mol. The van der Waals surface area contributed by atoms with Crippen LogP contribution in [0.4, 0.5) is 4.39 Å². The summed E-state index contributed by atoms with van der Waals surface area (Å²) in [5, 5.41) is 15.8. The molecule has 1 fully saturated rings. The SMILES string of the molecule is Cc1cc(S(C)(=O)=O)ccc1/C(=C(\c1ccc(/C=C/C(=O)O)cc1)c1ccc2n[nH]c(F)c2c1)C1CCC1. The maximum Gasteiger partial charge on any atom is 0.328 e. The molecular formula is C30H27FN2O4S. The number of nitrogens with zero attached hydrogens (tertiary/aromatic N) is 1. The van der Waals surface area contributed by atoms with Crippen LogP contribution in [0.1, 0.15) is 47.1 Å². The number of carbonyl (C=O) groups is 1. The lowest BCUT2D eigenvalue weighted by Gasteiger charge is -2.32. The number of sulfone groups is 1. The molecular weight excluding hydrogens is 503 g/mol. The minimum Gasteiger partial charge on any atom is -0.478 e. The minimum absolute atomic E-state index is 0.254. The molecule has 1 aromatic heterocycles. The first-order valence-corrected chi connectivity index (χ1v) is 14.2. The van der Waals surface area contributed by atoms with Gasteiger partial charge in [-0.1, -0.05) is 42.8 Å². The number of halogens is 1. The van der Waals surface area contributed by atoms with Gasteiger partial charge in [0.25, 0.3) is 0 Å². The lowest BCUT2D eigenvalue weighted by atomic mass is 9.72. The molecule has 5 rings (SSSR count). The number of carboxylic acid groups (broad SMARTS) is 1. The number of aliphatic carboxylic acids is 1. The summed E-state index contributed by atoms with van der Waals surface area (Å²) in [6.07, 6.45) is 6.90. The molecule has 1 heterocycles. The lowest BCUT2D eigenvalue weighted by molar-refractivity contribution is -0.131. The number of aryl methyl sites for hydroxylation is 1. The number of allylic oxidation sites excluding steroid dienone is 1. The average molecular weight is 531 g/mol. The van der Waals surface area contributed by atoms with Crippen molar-refractivity contribution in [1.29, 1.82) is 0 Å². The molecule has 2 N–H and O–H groups in total. The van der Waals surface area contributed by atoms with Gasteiger partial charge in [-0.05, 0) is 95.0 Å². The highest BCUT2D eigenvalue weighted by Gasteiger charge is 2.29. The summed E-state index contributed by atoms with van der Waals surface area (Å²) < 4.78 is 38.9. The summed E-state index contributed by atoms with van der Waals surface area (Å²) in [4.78, 5) is 11.2. The molecule has 0 atom stereocenters. The van der Waals surface area contributed by atoms with E-state index in [4.69, 9.17) is 5.11 Å². The van der Waals surface area contributed by atoms with E-state index in [-0.39, 0.29) is 10.8 Å². The van der Waals surface area contributed by atoms with E-state index in [9.17, 15) is 17.6 Å². The zero-order valence-corrected chi connectivity index (χ0v) is 21.8. The van der Waals surface area contributed by atoms with Gasteiger partial charge in [0.05, 0.1) is 15.8 Å². The smallest absolute Gasteiger partial charge is 0.328 e. The Bertz CT molecular complexity index is 1710. The van der Waals surface area contributed by atoms with Gasteiger partial charge in [-0.2, -0.15) is 9.49 Å². The molecule has 0 radical (unpaired) electrons. The van der Waals surface area contributed by atoms with E-state index in [0.717, 1.165) is 64.3 Å². The second-order valence-corrected chi connectivity index (χ2v) is 11.7. The third-order valence-corrected chi connectivity index (χ3v) is 8.22. The number of aromatic amines is 1. The number of hydrogen-bond donors (Lipinski definition) is 2. The highest BCUT2D eigenvalue weighted by atomic mass is 32.2. The second kappa shape index (κ2) is 10.0. The Morgan fingerprint density at radius 2 is 1.76 bits per heavy atom. The van der Waals surface area contributed by atoms with E-state index in [1.807, 2.05) is 43.3 Å². The zero-order valence-electron chi connectivity index (χ0n) is 21.0. The molecule has 6 nitrogen and oxygen atoms in total. The Morgan fingerprint density at radius 3 is 2.37 bits per heavy atom. The van der Waals surface area contributed by atoms with E-state index in [1.165, 1.54) is 12.3 Å². The zero-order chi connectivity index (χ0) is 27.0. The van der Waals surface area contributed by atoms with Crippen LogP contribution in [0.2, 0.25) is 0 Å². The number of benzene rings is 3. The highest BCUT2D eigenvalue weighted by molar-refractivity contribution is 7.90. The van der Waals surface area contributed by atoms with Crippen molar-refractivity contribution in [3.63, 3.8) is 0 Å². The maximum atomic E-state index is 14.5. The molecule has 8 heteroatoms. The van der Waals surface area contributed by atoms with Gasteiger partial charge in [0.2, 0.25) is 5.95 Å². The van der Waals surface area contributed by atoms with E-state index in [2.05, 4.69) is 10.2 Å². The predicted octanol–water partition coefficient (Wildman–Crippen LogP) is 6.27. The van der Waals surface area contributed by atoms with Gasteiger partial charge >= 0.3 is 5.97 Å². The summed E-state index contributed by atoms with van der Waals surface area (Å²) in [5.41, 5.74) is 6.81. The molecule has 0 unspecified atom stereocenters. The van der Waals surface area contributed by atoms with E-state index >= 15 is 0 Å². The van der Waals surface area contributed by atoms with Crippen molar-refractivity contribution in [2.45, 2.75) is 31.1 Å². The fraction of sp³-hybridized carbons (Fsp3) is 0.200. The van der Waals surface area contributed by atoms with Crippen LogP contribution < -0.4 is 0 Å². The molecule has 38 heavy (non-hydrogen) atoms. The average Bonchev–Trinajstić information content (AvgIpc) is 3.21. The summed E-state index contributed by atoms with van der Waals surface area (Å²) in [6, 6.07) is 18.3. The van der Waals surface area contributed by atoms with Gasteiger partial charge < -0.3 is 5.11 Å². The van der Waals surface area contributed by atoms with Crippen molar-refractivity contribution >= 4 is 43.9 Å². The van der Waals surface area contributed by atoms with Gasteiger partial charge in [0.1, 0.15) is 0 Å². The van der Waals surface area contributed by atoms with Crippen molar-refractivity contribution in [1.82, 2.24) is 10.2 Å². The summed E-state index contributed by atoms with van der Waals surface area (Å²) in [6.45, 7) is 1.92. The molecule has 194 valence electrons. The quantitative estimate of drug-likeness (QED) is 0.217. The Balaban J connectivity index is 1.77. The second-order valence-electron chi connectivity index (χ2n) is 9.73. The maximum absolute atomic E-state index is 14.5. The number of aromatic nitrogens is 2. The van der Waals surface area contributed by atoms with Crippen LogP contribution in [0.25, 0.3) is 28.1 Å². The van der Waals surface area contributed by atoms with Crippen molar-refractivity contribution < 1.29 is 22.7 Å². The van der Waals surface area contributed by atoms with Crippen molar-refractivity contribution in [2.24, 2.45) is 5.92 Å². The molecule has 1 aliphatic carbocycles. The third-order valence-electron chi connectivity index (χ3n) is 7.11. The van der Waals surface area contributed by atoms with Crippen LogP contribution in [0, 0.1) is 18.8 Å². The van der Waals surface area contributed by atoms with Gasteiger partial charge in [0.15, 0.2) is 9.84 Å². The molecule has 4 aromatic rings. The van der Waals surface area contributed by atoms with E-state index < -0.39 is 21.8 Å². The summed E-state index contributed by atoms with van der Waals surface area (Å²) >= 11 is 0. The Kier molecular flexibility index (Phi) is 6.75. The molecule has 3 aromatic carbocycles. The number of hydrogen-bond acceptors (Lipinski definition) is 4. The molecule has 0 spiro atoms. The number of fused-ring (bicyclic) bond motifs is 1. The first-order valence-electron chi connectivity index (χ1n) is 12.3. The molecule has 0 saturated heterocycles. The Morgan fingerprint density at radius 1 is 1.05 bits per heavy atom. The summed E-state index contributed by atoms with van der Waals surface area (Å²) in [7, 11) is -3.36. The number of nitrogens with one attached hydrogen (secondary N) is 1. The molecule has 1 aliphatic rings. The van der Waals surface area contributed by atoms with Gasteiger partial charge in [-0.25, -0.2) is 13.2 Å². The fourth-order valence-corrected chi connectivity index (χ4v) is 5.67. The standard InChI is InChI=1S/C30H27FN2O4S/c1-18-16-23(38(2,36)37)12-13-24(18)29(20-4-3-5-20)28(21-9-6-19(7-10-21)8-15-27(34)35)22-11-14-26-25(17-22)30(31)33-32-26/h6-17,20H,3-5H2,1-2H3,(H,32,33)(H,34,35)/b15-8+,29-28+. The summed E-state index contributed by atoms with van der Waals surface area (Å²) in [5.74, 6) is -1.27. The normalized spacial score (nSPS) is 15.0. The lowest BCUT2D eigenvalue weighted by Crippen LogP contribution is -2.16. The van der Waals surface area contributed by atoms with Gasteiger partial charge in [-0.3, -0.25) is 5.10 Å². The van der Waals surface area contributed by atoms with Crippen LogP contribution in [0.3, 0.4) is 0 Å². The molecule has 0 aliphatic heterocycles. The molecule has 1 saturated carbocycles. The minimum atomic E-state index is -3.36. The van der Waals surface area contributed by atoms with Crippen molar-refractivity contribution in [2.75, 3.05) is 6.26 Å². The Hall–Kier alpha value is -4.04. The van der Waals surface area contributed by atoms with Gasteiger partial charge in [0, 0.05) is 12.3 Å². The van der Waals surface area contributed by atoms with Crippen molar-refractivity contribution in [3.05, 3.63) is 101 Å². The van der Waals surface area contributed by atoms with E-state index in [0.29, 0.717) is 10.9 Å². The monoisotopic (exact) mass is 530 g/mol. The number of H-pyrrole nitrogens is 1. The molecule has 0 bridgehead atoms. The number of carboxylic acids is 1. The van der Waals surface area contributed by atoms with Crippen LogP contribution in [-0.2, 0) is 14.6 Å². The Labute approximate surface area is 220 Å². The van der Waals surface area contributed by atoms with E-state index in [1.54, 1.807) is 24.3 Å². The van der Waals surface area contributed by atoms with Crippen molar-refractivity contribution in [3.8, 4) is 0 Å². The first-order chi connectivity index (χ1) is 18.1. The highest BCUT2D eigenvalue weighted by Crippen LogP contribution is 2.46. The largest absolute Gasteiger partial charge is 0.478 e. The van der Waals surface area contributed by atoms with Crippen LogP contribution in [0.15, 0.2) is 71.6 Å². The van der Waals surface area contributed by atoms with Crippen LogP contribution in [0.5, 0.6) is 0 Å². The third kappa shape index (κ3) is 5.04.